The largest absolute Gasteiger partial charge is 0.394 e. The maximum atomic E-state index is 11.9. The van der Waals surface area contributed by atoms with E-state index in [9.17, 15) is 25.2 Å². The molecule has 12 nitrogen and oxygen atoms in total. The van der Waals surface area contributed by atoms with Gasteiger partial charge in [0.15, 0.2) is 12.5 Å². The molecule has 7 N–H and O–H groups in total. The summed E-state index contributed by atoms with van der Waals surface area (Å²) in [6, 6.07) is 1.34. The smallest absolute Gasteiger partial charge is 0.351 e. The molecular formula is C14H21N3O9. The van der Waals surface area contributed by atoms with Gasteiger partial charge in [-0.15, -0.1) is 0 Å². The third-order valence-corrected chi connectivity index (χ3v) is 4.39. The molecule has 3 heterocycles. The van der Waals surface area contributed by atoms with Crippen molar-refractivity contribution in [2.75, 3.05) is 18.9 Å². The van der Waals surface area contributed by atoms with E-state index in [4.69, 9.17) is 25.1 Å². The maximum absolute atomic E-state index is 11.9. The molecular weight excluding hydrogens is 354 g/mol. The summed E-state index contributed by atoms with van der Waals surface area (Å²) in [4.78, 5) is 15.4. The molecule has 2 saturated heterocycles. The molecule has 2 fully saturated rings. The van der Waals surface area contributed by atoms with Crippen molar-refractivity contribution >= 4 is 5.82 Å². The van der Waals surface area contributed by atoms with Gasteiger partial charge in [-0.2, -0.15) is 4.98 Å². The zero-order valence-corrected chi connectivity index (χ0v) is 13.5. The predicted molar refractivity (Wildman–Crippen MR) is 82.5 cm³/mol. The van der Waals surface area contributed by atoms with Crippen LogP contribution in [0, 0.1) is 0 Å². The molecule has 0 aliphatic carbocycles. The van der Waals surface area contributed by atoms with Crippen molar-refractivity contribution in [3.63, 3.8) is 0 Å². The molecule has 2 aliphatic heterocycles. The van der Waals surface area contributed by atoms with E-state index in [1.165, 1.54) is 12.3 Å². The summed E-state index contributed by atoms with van der Waals surface area (Å²) in [5.74, 6) is 0.00327. The van der Waals surface area contributed by atoms with E-state index < -0.39 is 61.4 Å². The molecule has 0 spiro atoms. The van der Waals surface area contributed by atoms with Crippen LogP contribution in [0.1, 0.15) is 6.23 Å². The monoisotopic (exact) mass is 375 g/mol. The van der Waals surface area contributed by atoms with Crippen LogP contribution < -0.4 is 11.4 Å². The Morgan fingerprint density at radius 2 is 1.81 bits per heavy atom. The Labute approximate surface area is 147 Å². The Morgan fingerprint density at radius 3 is 2.42 bits per heavy atom. The molecule has 0 aromatic carbocycles. The minimum atomic E-state index is -1.43. The molecule has 0 radical (unpaired) electrons. The lowest BCUT2D eigenvalue weighted by atomic mass is 10.1. The van der Waals surface area contributed by atoms with Crippen LogP contribution in [0.4, 0.5) is 5.82 Å². The molecule has 12 heteroatoms. The van der Waals surface area contributed by atoms with Gasteiger partial charge in [0.05, 0.1) is 13.2 Å². The number of nitrogens with zero attached hydrogens (tertiary/aromatic N) is 2. The number of hydrogen-bond acceptors (Lipinski definition) is 11. The average molecular weight is 375 g/mol. The minimum absolute atomic E-state index is 0.00327. The first-order valence-corrected chi connectivity index (χ1v) is 7.93. The molecule has 2 aliphatic rings. The van der Waals surface area contributed by atoms with E-state index in [0.717, 1.165) is 4.57 Å². The van der Waals surface area contributed by atoms with Crippen LogP contribution in [0.2, 0.25) is 0 Å². The van der Waals surface area contributed by atoms with Crippen molar-refractivity contribution in [2.45, 2.75) is 49.1 Å². The van der Waals surface area contributed by atoms with Gasteiger partial charge in [-0.3, -0.25) is 4.57 Å². The third kappa shape index (κ3) is 3.45. The lowest BCUT2D eigenvalue weighted by Gasteiger charge is -2.20. The van der Waals surface area contributed by atoms with Crippen molar-refractivity contribution in [1.29, 1.82) is 0 Å². The van der Waals surface area contributed by atoms with E-state index in [0.29, 0.717) is 0 Å². The molecule has 0 bridgehead atoms. The Morgan fingerprint density at radius 1 is 1.12 bits per heavy atom. The maximum Gasteiger partial charge on any atom is 0.351 e. The van der Waals surface area contributed by atoms with Crippen molar-refractivity contribution in [2.24, 2.45) is 0 Å². The zero-order valence-electron chi connectivity index (χ0n) is 13.5. The standard InChI is InChI=1S/C14H21N3O9/c15-7-1-2-17(14(23)16-7)12-10(21)9(20)6(25-12)4-24-13-11(22)8(19)5(3-18)26-13/h1-2,5-6,8-13,18-22H,3-4H2,(H2,15,16,23)/t5-,6-,8-,9-,10-,11+,12-,13?/m1/s1. The highest BCUT2D eigenvalue weighted by molar-refractivity contribution is 5.23. The van der Waals surface area contributed by atoms with Crippen molar-refractivity contribution < 1.29 is 39.7 Å². The van der Waals surface area contributed by atoms with Crippen molar-refractivity contribution in [3.05, 3.63) is 22.7 Å². The topological polar surface area (TPSA) is 190 Å². The number of aliphatic hydroxyl groups is 5. The van der Waals surface area contributed by atoms with Crippen LogP contribution in [0.15, 0.2) is 17.1 Å². The first-order chi connectivity index (χ1) is 12.3. The van der Waals surface area contributed by atoms with E-state index in [-0.39, 0.29) is 12.4 Å². The van der Waals surface area contributed by atoms with Crippen molar-refractivity contribution in [3.8, 4) is 0 Å². The number of nitrogens with two attached hydrogens (primary N) is 1. The van der Waals surface area contributed by atoms with Gasteiger partial charge in [0.2, 0.25) is 0 Å². The summed E-state index contributed by atoms with van der Waals surface area (Å²) in [6.07, 6.45) is -8.74. The van der Waals surface area contributed by atoms with Crippen molar-refractivity contribution in [1.82, 2.24) is 9.55 Å². The number of nitrogen functional groups attached to an aromatic ring is 1. The van der Waals surface area contributed by atoms with Gasteiger partial charge in [-0.25, -0.2) is 4.79 Å². The van der Waals surface area contributed by atoms with Gasteiger partial charge >= 0.3 is 5.69 Å². The van der Waals surface area contributed by atoms with Gasteiger partial charge in [-0.05, 0) is 6.07 Å². The fourth-order valence-electron chi connectivity index (χ4n) is 2.91. The van der Waals surface area contributed by atoms with Gasteiger partial charge in [-0.1, -0.05) is 0 Å². The highest BCUT2D eigenvalue weighted by atomic mass is 16.7. The van der Waals surface area contributed by atoms with Crippen LogP contribution in [-0.4, -0.2) is 91.2 Å². The number of rotatable bonds is 5. The minimum Gasteiger partial charge on any atom is -0.394 e. The summed E-state index contributed by atoms with van der Waals surface area (Å²) in [5, 5.41) is 48.8. The summed E-state index contributed by atoms with van der Waals surface area (Å²) >= 11 is 0. The number of hydrogen-bond donors (Lipinski definition) is 6. The average Bonchev–Trinajstić information content (AvgIpc) is 3.04. The number of aliphatic hydroxyl groups excluding tert-OH is 5. The molecule has 1 aromatic rings. The molecule has 8 atom stereocenters. The number of anilines is 1. The fourth-order valence-corrected chi connectivity index (χ4v) is 2.91. The summed E-state index contributed by atoms with van der Waals surface area (Å²) in [6.45, 7) is -0.813. The number of aromatic nitrogens is 2. The molecule has 3 rings (SSSR count). The van der Waals surface area contributed by atoms with Crippen LogP contribution in [0.25, 0.3) is 0 Å². The normalized spacial score (nSPS) is 40.2. The first-order valence-electron chi connectivity index (χ1n) is 7.93. The lowest BCUT2D eigenvalue weighted by molar-refractivity contribution is -0.190. The summed E-state index contributed by atoms with van der Waals surface area (Å²) in [7, 11) is 0. The van der Waals surface area contributed by atoms with Crippen LogP contribution in [0.3, 0.4) is 0 Å². The summed E-state index contributed by atoms with van der Waals surface area (Å²) in [5.41, 5.74) is 4.65. The van der Waals surface area contributed by atoms with Gasteiger partial charge < -0.3 is 45.5 Å². The van der Waals surface area contributed by atoms with Crippen LogP contribution in [0.5, 0.6) is 0 Å². The second kappa shape index (κ2) is 7.54. The SMILES string of the molecule is Nc1ccn([C@@H]2O[C@H](COC3O[C@H](CO)[C@@H](O)[C@@H]3O)[C@@H](O)[C@H]2O)c(=O)n1. The Balaban J connectivity index is 1.64. The second-order valence-electron chi connectivity index (χ2n) is 6.13. The third-order valence-electron chi connectivity index (χ3n) is 4.39. The Hall–Kier alpha value is -1.64. The molecule has 0 saturated carbocycles. The zero-order chi connectivity index (χ0) is 19.0. The highest BCUT2D eigenvalue weighted by Crippen LogP contribution is 2.30. The van der Waals surface area contributed by atoms with Gasteiger partial charge in [0.25, 0.3) is 0 Å². The van der Waals surface area contributed by atoms with E-state index >= 15 is 0 Å². The summed E-state index contributed by atoms with van der Waals surface area (Å²) < 4.78 is 16.9. The van der Waals surface area contributed by atoms with Crippen LogP contribution in [-0.2, 0) is 14.2 Å². The molecule has 1 aromatic heterocycles. The van der Waals surface area contributed by atoms with E-state index in [1.807, 2.05) is 0 Å². The first kappa shape index (κ1) is 19.1. The molecule has 26 heavy (non-hydrogen) atoms. The quantitative estimate of drug-likeness (QED) is 0.293. The highest BCUT2D eigenvalue weighted by Gasteiger charge is 2.47. The van der Waals surface area contributed by atoms with E-state index in [2.05, 4.69) is 4.98 Å². The molecule has 0 amide bonds. The van der Waals surface area contributed by atoms with Gasteiger partial charge in [0, 0.05) is 6.20 Å². The van der Waals surface area contributed by atoms with Gasteiger partial charge in [0.1, 0.15) is 42.4 Å². The second-order valence-corrected chi connectivity index (χ2v) is 6.13. The van der Waals surface area contributed by atoms with E-state index in [1.54, 1.807) is 0 Å². The molecule has 146 valence electrons. The predicted octanol–water partition coefficient (Wildman–Crippen LogP) is -4.10. The Bertz CT molecular complexity index is 686. The lowest BCUT2D eigenvalue weighted by Crippen LogP contribution is -2.38. The van der Waals surface area contributed by atoms with Crippen LogP contribution >= 0.6 is 0 Å². The molecule has 1 unspecified atom stereocenters. The number of ether oxygens (including phenoxy) is 3. The Kier molecular flexibility index (Phi) is 5.55. The fraction of sp³-hybridized carbons (Fsp3) is 0.714.